The zero-order chi connectivity index (χ0) is 18.2. The van der Waals surface area contributed by atoms with Gasteiger partial charge in [0.15, 0.2) is 0 Å². The van der Waals surface area contributed by atoms with Gasteiger partial charge in [0.2, 0.25) is 5.91 Å². The number of carbonyl (C=O) groups is 3. The number of aliphatic carboxylic acids is 2. The molecule has 8 heteroatoms. The Bertz CT molecular complexity index is 792. The third-order valence-corrected chi connectivity index (χ3v) is 3.42. The summed E-state index contributed by atoms with van der Waals surface area (Å²) in [6.07, 6.45) is 1.77. The number of carboxylic acid groups (broad SMARTS) is 2. The van der Waals surface area contributed by atoms with Crippen LogP contribution in [0.3, 0.4) is 0 Å². The molecule has 6 nitrogen and oxygen atoms in total. The summed E-state index contributed by atoms with van der Waals surface area (Å²) < 4.78 is 0. The molecule has 1 atom stereocenters. The summed E-state index contributed by atoms with van der Waals surface area (Å²) >= 11 is 0. The maximum atomic E-state index is 11.7. The van der Waals surface area contributed by atoms with Crippen molar-refractivity contribution < 1.29 is 83.7 Å². The van der Waals surface area contributed by atoms with Crippen molar-refractivity contribution in [2.75, 3.05) is 0 Å². The number of carbonyl (C=O) groups excluding carboxylic acids is 3. The average molecular weight is 383 g/mol. The molecule has 2 rings (SSSR count). The van der Waals surface area contributed by atoms with Gasteiger partial charge in [-0.1, -0.05) is 54.6 Å². The normalized spacial score (nSPS) is 11.0. The molecular formula is C19H15NNa2O5. The van der Waals surface area contributed by atoms with Gasteiger partial charge in [0, 0.05) is 18.5 Å². The maximum absolute atomic E-state index is 11.7. The van der Waals surface area contributed by atoms with Crippen LogP contribution in [0, 0.1) is 0 Å². The molecule has 1 amide bonds. The Kier molecular flexibility index (Phi) is 12.2. The van der Waals surface area contributed by atoms with Crippen LogP contribution in [0.1, 0.15) is 12.0 Å². The van der Waals surface area contributed by atoms with Gasteiger partial charge in [-0.3, -0.25) is 4.79 Å². The molecule has 0 saturated heterocycles. The fourth-order valence-corrected chi connectivity index (χ4v) is 2.17. The van der Waals surface area contributed by atoms with Gasteiger partial charge in [-0.05, 0) is 22.8 Å². The molecule has 2 aromatic carbocycles. The molecule has 0 radical (unpaired) electrons. The SMILES string of the molecule is O=C([O-])C[C@H](NC(=O)/C=C/c1ccc(-c2ccccc2)cc1)C(=O)[O-].[Na+].[Na+]. The van der Waals surface area contributed by atoms with Crippen LogP contribution in [0.15, 0.2) is 60.7 Å². The number of amides is 1. The van der Waals surface area contributed by atoms with Crippen molar-refractivity contribution in [2.45, 2.75) is 12.5 Å². The van der Waals surface area contributed by atoms with Crippen molar-refractivity contribution >= 4 is 23.9 Å². The number of benzene rings is 2. The molecule has 0 heterocycles. The quantitative estimate of drug-likeness (QED) is 0.378. The van der Waals surface area contributed by atoms with Gasteiger partial charge in [-0.15, -0.1) is 0 Å². The van der Waals surface area contributed by atoms with E-state index in [0.717, 1.165) is 22.8 Å². The van der Waals surface area contributed by atoms with Gasteiger partial charge in [-0.25, -0.2) is 0 Å². The van der Waals surface area contributed by atoms with Crippen LogP contribution in [0.2, 0.25) is 0 Å². The first-order valence-electron chi connectivity index (χ1n) is 7.50. The minimum Gasteiger partial charge on any atom is -0.550 e. The molecule has 0 aliphatic heterocycles. The second-order valence-corrected chi connectivity index (χ2v) is 5.28. The Hall–Kier alpha value is -1.41. The molecule has 0 spiro atoms. The summed E-state index contributed by atoms with van der Waals surface area (Å²) in [5.41, 5.74) is 2.82. The largest absolute Gasteiger partial charge is 1.00 e. The smallest absolute Gasteiger partial charge is 0.550 e. The Morgan fingerprint density at radius 3 is 1.96 bits per heavy atom. The zero-order valence-corrected chi connectivity index (χ0v) is 19.2. The third kappa shape index (κ3) is 8.88. The van der Waals surface area contributed by atoms with Crippen molar-refractivity contribution in [1.29, 1.82) is 0 Å². The third-order valence-electron chi connectivity index (χ3n) is 3.42. The Morgan fingerprint density at radius 1 is 0.889 bits per heavy atom. The van der Waals surface area contributed by atoms with E-state index in [2.05, 4.69) is 0 Å². The topological polar surface area (TPSA) is 109 Å². The van der Waals surface area contributed by atoms with E-state index in [9.17, 15) is 24.6 Å². The molecule has 0 unspecified atom stereocenters. The van der Waals surface area contributed by atoms with Gasteiger partial charge in [0.05, 0.1) is 12.0 Å². The first-order chi connectivity index (χ1) is 12.0. The first kappa shape index (κ1) is 25.6. The molecular weight excluding hydrogens is 368 g/mol. The number of hydrogen-bond donors (Lipinski definition) is 1. The first-order valence-corrected chi connectivity index (χ1v) is 7.50. The monoisotopic (exact) mass is 383 g/mol. The summed E-state index contributed by atoms with van der Waals surface area (Å²) in [5.74, 6) is -4.00. The molecule has 1 N–H and O–H groups in total. The van der Waals surface area contributed by atoms with Crippen molar-refractivity contribution in [2.24, 2.45) is 0 Å². The van der Waals surface area contributed by atoms with E-state index in [1.165, 1.54) is 6.08 Å². The summed E-state index contributed by atoms with van der Waals surface area (Å²) in [7, 11) is 0. The fraction of sp³-hybridized carbons (Fsp3) is 0.105. The van der Waals surface area contributed by atoms with Crippen molar-refractivity contribution in [3.05, 3.63) is 66.2 Å². The molecule has 27 heavy (non-hydrogen) atoms. The van der Waals surface area contributed by atoms with E-state index in [-0.39, 0.29) is 59.1 Å². The van der Waals surface area contributed by atoms with Gasteiger partial charge >= 0.3 is 59.1 Å². The molecule has 0 bridgehead atoms. The van der Waals surface area contributed by atoms with Crippen molar-refractivity contribution in [3.63, 3.8) is 0 Å². The second-order valence-electron chi connectivity index (χ2n) is 5.28. The summed E-state index contributed by atoms with van der Waals surface area (Å²) in [4.78, 5) is 32.9. The number of hydrogen-bond acceptors (Lipinski definition) is 5. The maximum Gasteiger partial charge on any atom is 1.00 e. The Morgan fingerprint density at radius 2 is 1.44 bits per heavy atom. The Balaban J connectivity index is 0.00000338. The number of rotatable bonds is 7. The van der Waals surface area contributed by atoms with Gasteiger partial charge in [-0.2, -0.15) is 0 Å². The van der Waals surface area contributed by atoms with Crippen LogP contribution < -0.4 is 74.6 Å². The second kappa shape index (κ2) is 12.9. The molecule has 2 aromatic rings. The van der Waals surface area contributed by atoms with Crippen molar-refractivity contribution in [3.8, 4) is 11.1 Å². The average Bonchev–Trinajstić information content (AvgIpc) is 2.60. The van der Waals surface area contributed by atoms with Crippen molar-refractivity contribution in [1.82, 2.24) is 5.32 Å². The van der Waals surface area contributed by atoms with E-state index in [1.807, 2.05) is 59.9 Å². The molecule has 0 aliphatic rings. The van der Waals surface area contributed by atoms with Gasteiger partial charge < -0.3 is 25.1 Å². The number of nitrogens with one attached hydrogen (secondary N) is 1. The molecule has 0 aromatic heterocycles. The van der Waals surface area contributed by atoms with E-state index < -0.39 is 30.3 Å². The zero-order valence-electron chi connectivity index (χ0n) is 15.2. The summed E-state index contributed by atoms with van der Waals surface area (Å²) in [5, 5.41) is 23.3. The van der Waals surface area contributed by atoms with Crippen LogP contribution in [0.25, 0.3) is 17.2 Å². The predicted molar refractivity (Wildman–Crippen MR) is 87.5 cm³/mol. The van der Waals surface area contributed by atoms with E-state index in [4.69, 9.17) is 0 Å². The Labute approximate surface area is 201 Å². The van der Waals surface area contributed by atoms with Gasteiger partial charge in [0.25, 0.3) is 0 Å². The standard InChI is InChI=1S/C19H17NO5.2Na/c21-17(20-16(19(24)25)12-18(22)23)11-8-13-6-9-15(10-7-13)14-4-2-1-3-5-14;;/h1-11,16H,12H2,(H,20,21)(H,22,23)(H,24,25);;/q;2*+1/p-2/b11-8+;;/t16-;;/m0../s1. The van der Waals surface area contributed by atoms with E-state index in [1.54, 1.807) is 0 Å². The molecule has 0 fully saturated rings. The predicted octanol–water partition coefficient (Wildman–Crippen LogP) is -6.25. The summed E-state index contributed by atoms with van der Waals surface area (Å²) in [6.45, 7) is 0. The van der Waals surface area contributed by atoms with Crippen LogP contribution in [0.4, 0.5) is 0 Å². The van der Waals surface area contributed by atoms with Gasteiger partial charge in [0.1, 0.15) is 0 Å². The van der Waals surface area contributed by atoms with E-state index >= 15 is 0 Å². The van der Waals surface area contributed by atoms with Crippen LogP contribution in [-0.4, -0.2) is 23.9 Å². The van der Waals surface area contributed by atoms with Crippen LogP contribution in [0.5, 0.6) is 0 Å². The molecule has 0 aliphatic carbocycles. The number of carboxylic acids is 2. The minimum atomic E-state index is -1.68. The van der Waals surface area contributed by atoms with Crippen LogP contribution in [-0.2, 0) is 14.4 Å². The molecule has 128 valence electrons. The fourth-order valence-electron chi connectivity index (χ4n) is 2.17. The van der Waals surface area contributed by atoms with Crippen LogP contribution >= 0.6 is 0 Å². The molecule has 0 saturated carbocycles. The minimum absolute atomic E-state index is 0. The summed E-state index contributed by atoms with van der Waals surface area (Å²) in [6, 6.07) is 15.5. The van der Waals surface area contributed by atoms with E-state index in [0.29, 0.717) is 0 Å².